The number of amides is 3. The van der Waals surface area contributed by atoms with Gasteiger partial charge in [-0.25, -0.2) is 9.59 Å². The van der Waals surface area contributed by atoms with Crippen LogP contribution in [0, 0.1) is 0 Å². The molecule has 0 fully saturated rings. The minimum Gasteiger partial charge on any atom is -0.489 e. The molecule has 1 aromatic rings. The van der Waals surface area contributed by atoms with E-state index in [2.05, 4.69) is 10.6 Å². The van der Waals surface area contributed by atoms with E-state index in [1.165, 1.54) is 19.1 Å². The fraction of sp³-hybridized carbons (Fsp3) is 0.471. The van der Waals surface area contributed by atoms with Gasteiger partial charge < -0.3 is 19.5 Å². The number of carbonyl (C=O) groups excluding carboxylic acids is 3. The predicted octanol–water partition coefficient (Wildman–Crippen LogP) is 2.28. The number of rotatable bonds is 4. The summed E-state index contributed by atoms with van der Waals surface area (Å²) in [6.07, 6.45) is -0.476. The second-order valence-electron chi connectivity index (χ2n) is 6.00. The Labute approximate surface area is 156 Å². The van der Waals surface area contributed by atoms with Crippen LogP contribution in [-0.4, -0.2) is 43.3 Å². The summed E-state index contributed by atoms with van der Waals surface area (Å²) >= 11 is 6.14. The van der Waals surface area contributed by atoms with Crippen molar-refractivity contribution in [3.8, 4) is 11.5 Å². The molecule has 1 heterocycles. The average Bonchev–Trinajstić information content (AvgIpc) is 2.79. The molecule has 9 heteroatoms. The van der Waals surface area contributed by atoms with E-state index in [-0.39, 0.29) is 16.6 Å². The van der Waals surface area contributed by atoms with Crippen molar-refractivity contribution in [1.29, 1.82) is 0 Å². The third-order valence-corrected chi connectivity index (χ3v) is 3.63. The summed E-state index contributed by atoms with van der Waals surface area (Å²) in [6, 6.07) is 2.04. The molecule has 2 rings (SSSR count). The highest BCUT2D eigenvalue weighted by atomic mass is 35.5. The number of hydrogen-bond acceptors (Lipinski definition) is 6. The Morgan fingerprint density at radius 1 is 1.15 bits per heavy atom. The quantitative estimate of drug-likeness (QED) is 0.772. The van der Waals surface area contributed by atoms with Crippen LogP contribution in [-0.2, 0) is 9.53 Å². The number of carbonyl (C=O) groups is 3. The lowest BCUT2D eigenvalue weighted by Gasteiger charge is -2.15. The van der Waals surface area contributed by atoms with Crippen LogP contribution in [0.2, 0.25) is 5.02 Å². The van der Waals surface area contributed by atoms with Crippen molar-refractivity contribution in [2.75, 3.05) is 13.2 Å². The monoisotopic (exact) mass is 384 g/mol. The SMILES string of the molecule is CC(C)NC(=O)NC(=O)[C@@H](C)OC(=O)c1cc(Cl)c2c(c1)OCCCO2. The molecule has 0 aromatic heterocycles. The van der Waals surface area contributed by atoms with Gasteiger partial charge in [-0.05, 0) is 32.9 Å². The Morgan fingerprint density at radius 3 is 2.54 bits per heavy atom. The summed E-state index contributed by atoms with van der Waals surface area (Å²) in [4.78, 5) is 35.7. The van der Waals surface area contributed by atoms with Gasteiger partial charge in [-0.2, -0.15) is 0 Å². The van der Waals surface area contributed by atoms with Crippen molar-refractivity contribution in [3.05, 3.63) is 22.7 Å². The first kappa shape index (κ1) is 19.8. The molecule has 0 radical (unpaired) electrons. The Bertz CT molecular complexity index is 707. The van der Waals surface area contributed by atoms with E-state index in [0.29, 0.717) is 31.1 Å². The molecule has 1 aliphatic heterocycles. The number of ether oxygens (including phenoxy) is 3. The topological polar surface area (TPSA) is 103 Å². The van der Waals surface area contributed by atoms with Gasteiger partial charge in [0.1, 0.15) is 0 Å². The van der Waals surface area contributed by atoms with Crippen LogP contribution in [0.15, 0.2) is 12.1 Å². The van der Waals surface area contributed by atoms with Crippen molar-refractivity contribution in [3.63, 3.8) is 0 Å². The summed E-state index contributed by atoms with van der Waals surface area (Å²) in [5.74, 6) is -0.793. The van der Waals surface area contributed by atoms with E-state index in [1.807, 2.05) is 0 Å². The maximum Gasteiger partial charge on any atom is 0.339 e. The molecule has 0 saturated heterocycles. The number of esters is 1. The fourth-order valence-electron chi connectivity index (χ4n) is 2.14. The lowest BCUT2D eigenvalue weighted by molar-refractivity contribution is -0.127. The van der Waals surface area contributed by atoms with E-state index in [0.717, 1.165) is 0 Å². The molecule has 0 bridgehead atoms. The Kier molecular flexibility index (Phi) is 6.68. The molecule has 142 valence electrons. The smallest absolute Gasteiger partial charge is 0.339 e. The molecule has 26 heavy (non-hydrogen) atoms. The van der Waals surface area contributed by atoms with Crippen LogP contribution in [0.4, 0.5) is 4.79 Å². The van der Waals surface area contributed by atoms with Gasteiger partial charge in [0.15, 0.2) is 17.6 Å². The summed E-state index contributed by atoms with van der Waals surface area (Å²) in [7, 11) is 0. The van der Waals surface area contributed by atoms with Gasteiger partial charge in [-0.1, -0.05) is 11.6 Å². The number of fused-ring (bicyclic) bond motifs is 1. The van der Waals surface area contributed by atoms with Crippen molar-refractivity contribution in [2.45, 2.75) is 39.3 Å². The van der Waals surface area contributed by atoms with Crippen molar-refractivity contribution >= 4 is 29.5 Å². The van der Waals surface area contributed by atoms with E-state index < -0.39 is 24.0 Å². The van der Waals surface area contributed by atoms with Crippen LogP contribution < -0.4 is 20.1 Å². The van der Waals surface area contributed by atoms with Crippen LogP contribution in [0.25, 0.3) is 0 Å². The van der Waals surface area contributed by atoms with Gasteiger partial charge >= 0.3 is 12.0 Å². The standard InChI is InChI=1S/C17H21ClN2O6/c1-9(2)19-17(23)20-15(21)10(3)26-16(22)11-7-12(18)14-13(8-11)24-5-4-6-25-14/h7-10H,4-6H2,1-3H3,(H2,19,20,21,23)/t10-/m1/s1. The average molecular weight is 385 g/mol. The van der Waals surface area contributed by atoms with Crippen LogP contribution >= 0.6 is 11.6 Å². The number of imide groups is 1. The second kappa shape index (κ2) is 8.75. The number of benzene rings is 1. The third-order valence-electron chi connectivity index (χ3n) is 3.35. The summed E-state index contributed by atoms with van der Waals surface area (Å²) in [5, 5.41) is 4.82. The number of halogens is 1. The summed E-state index contributed by atoms with van der Waals surface area (Å²) in [5.41, 5.74) is 0.116. The molecule has 1 aliphatic rings. The largest absolute Gasteiger partial charge is 0.489 e. The lowest BCUT2D eigenvalue weighted by Crippen LogP contribution is -2.46. The molecular weight excluding hydrogens is 364 g/mol. The zero-order valence-corrected chi connectivity index (χ0v) is 15.5. The van der Waals surface area contributed by atoms with E-state index in [1.54, 1.807) is 13.8 Å². The van der Waals surface area contributed by atoms with Gasteiger partial charge in [0.05, 0.1) is 23.8 Å². The highest BCUT2D eigenvalue weighted by molar-refractivity contribution is 6.32. The van der Waals surface area contributed by atoms with Crippen molar-refractivity contribution in [2.24, 2.45) is 0 Å². The van der Waals surface area contributed by atoms with E-state index >= 15 is 0 Å². The molecular formula is C17H21ClN2O6. The summed E-state index contributed by atoms with van der Waals surface area (Å²) < 4.78 is 16.1. The minimum absolute atomic E-state index is 0.116. The van der Waals surface area contributed by atoms with Crippen molar-refractivity contribution < 1.29 is 28.6 Å². The third kappa shape index (κ3) is 5.26. The zero-order chi connectivity index (χ0) is 19.3. The number of urea groups is 1. The molecule has 0 aliphatic carbocycles. The first-order valence-electron chi connectivity index (χ1n) is 8.19. The van der Waals surface area contributed by atoms with Crippen LogP contribution in [0.3, 0.4) is 0 Å². The molecule has 0 spiro atoms. The fourth-order valence-corrected chi connectivity index (χ4v) is 2.41. The second-order valence-corrected chi connectivity index (χ2v) is 6.41. The Balaban J connectivity index is 2.03. The first-order valence-corrected chi connectivity index (χ1v) is 8.57. The van der Waals surface area contributed by atoms with E-state index in [4.69, 9.17) is 25.8 Å². The molecule has 2 N–H and O–H groups in total. The maximum absolute atomic E-state index is 12.3. The van der Waals surface area contributed by atoms with Gasteiger partial charge in [-0.3, -0.25) is 10.1 Å². The molecule has 0 saturated carbocycles. The molecule has 0 unspecified atom stereocenters. The van der Waals surface area contributed by atoms with Crippen LogP contribution in [0.1, 0.15) is 37.6 Å². The zero-order valence-electron chi connectivity index (χ0n) is 14.8. The van der Waals surface area contributed by atoms with E-state index in [9.17, 15) is 14.4 Å². The van der Waals surface area contributed by atoms with Gasteiger partial charge in [-0.15, -0.1) is 0 Å². The predicted molar refractivity (Wildman–Crippen MR) is 93.7 cm³/mol. The number of hydrogen-bond donors (Lipinski definition) is 2. The van der Waals surface area contributed by atoms with Gasteiger partial charge in [0, 0.05) is 12.5 Å². The summed E-state index contributed by atoms with van der Waals surface area (Å²) in [6.45, 7) is 5.76. The highest BCUT2D eigenvalue weighted by Crippen LogP contribution is 2.38. The normalized spacial score (nSPS) is 14.2. The molecule has 1 atom stereocenters. The van der Waals surface area contributed by atoms with Gasteiger partial charge in [0.25, 0.3) is 5.91 Å². The van der Waals surface area contributed by atoms with Gasteiger partial charge in [0.2, 0.25) is 0 Å². The maximum atomic E-state index is 12.3. The Morgan fingerprint density at radius 2 is 1.85 bits per heavy atom. The first-order chi connectivity index (χ1) is 12.3. The highest BCUT2D eigenvalue weighted by Gasteiger charge is 2.24. The molecule has 1 aromatic carbocycles. The number of nitrogens with one attached hydrogen (secondary N) is 2. The Hall–Kier alpha value is -2.48. The lowest BCUT2D eigenvalue weighted by atomic mass is 10.2. The minimum atomic E-state index is -1.17. The van der Waals surface area contributed by atoms with Crippen molar-refractivity contribution in [1.82, 2.24) is 10.6 Å². The van der Waals surface area contributed by atoms with Crippen LogP contribution in [0.5, 0.6) is 11.5 Å². The molecule has 3 amide bonds. The molecule has 8 nitrogen and oxygen atoms in total.